The summed E-state index contributed by atoms with van der Waals surface area (Å²) < 4.78 is 48.0. The molecule has 6 nitrogen and oxygen atoms in total. The summed E-state index contributed by atoms with van der Waals surface area (Å²) in [6.45, 7) is 2.17. The Morgan fingerprint density at radius 3 is 2.25 bits per heavy atom. The van der Waals surface area contributed by atoms with E-state index in [4.69, 9.17) is 5.73 Å². The van der Waals surface area contributed by atoms with Crippen molar-refractivity contribution >= 4 is 25.5 Å². The first-order valence-electron chi connectivity index (χ1n) is 6.14. The monoisotopic (exact) mass is 320 g/mol. The molecule has 114 valence electrons. The molecule has 0 heterocycles. The largest absolute Gasteiger partial charge is 0.398 e. The lowest BCUT2D eigenvalue weighted by Crippen LogP contribution is -2.35. The van der Waals surface area contributed by atoms with E-state index in [1.54, 1.807) is 24.3 Å². The van der Waals surface area contributed by atoms with E-state index >= 15 is 0 Å². The topological polar surface area (TPSA) is 97.5 Å². The van der Waals surface area contributed by atoms with Crippen molar-refractivity contribution in [2.45, 2.75) is 19.9 Å². The zero-order valence-corrected chi connectivity index (χ0v) is 13.2. The highest BCUT2D eigenvalue weighted by Gasteiger charge is 2.26. The lowest BCUT2D eigenvalue weighted by Gasteiger charge is -2.21. The fourth-order valence-electron chi connectivity index (χ4n) is 1.78. The van der Waals surface area contributed by atoms with Crippen LogP contribution in [0.1, 0.15) is 18.9 Å². The third kappa shape index (κ3) is 5.10. The summed E-state index contributed by atoms with van der Waals surface area (Å²) in [4.78, 5) is 0. The number of benzene rings is 1. The minimum absolute atomic E-state index is 0.0817. The third-order valence-electron chi connectivity index (χ3n) is 2.63. The van der Waals surface area contributed by atoms with Crippen LogP contribution in [0.4, 0.5) is 5.69 Å². The normalized spacial score (nSPS) is 12.8. The van der Waals surface area contributed by atoms with Crippen molar-refractivity contribution in [2.75, 3.05) is 23.6 Å². The van der Waals surface area contributed by atoms with Crippen molar-refractivity contribution in [3.63, 3.8) is 0 Å². The summed E-state index contributed by atoms with van der Waals surface area (Å²) in [7, 11) is -7.48. The Kier molecular flexibility index (Phi) is 5.55. The van der Waals surface area contributed by atoms with Gasteiger partial charge >= 0.3 is 0 Å². The van der Waals surface area contributed by atoms with Gasteiger partial charge in [0.25, 0.3) is 0 Å². The number of sulfone groups is 1. The molecule has 1 aromatic rings. The molecule has 0 atom stereocenters. The molecule has 8 heteroatoms. The van der Waals surface area contributed by atoms with Gasteiger partial charge < -0.3 is 5.73 Å². The van der Waals surface area contributed by atoms with Gasteiger partial charge in [-0.05, 0) is 18.1 Å². The predicted octanol–water partition coefficient (Wildman–Crippen LogP) is 0.813. The van der Waals surface area contributed by atoms with Crippen molar-refractivity contribution in [1.29, 1.82) is 0 Å². The molecule has 1 aromatic carbocycles. The molecular formula is C12H20N2O4S2. The van der Waals surface area contributed by atoms with E-state index in [-0.39, 0.29) is 13.1 Å². The molecule has 0 radical (unpaired) electrons. The second-order valence-corrected chi connectivity index (χ2v) is 9.16. The highest BCUT2D eigenvalue weighted by Crippen LogP contribution is 2.17. The molecule has 0 aliphatic rings. The molecule has 0 unspecified atom stereocenters. The smallest absolute Gasteiger partial charge is 0.228 e. The number of anilines is 1. The van der Waals surface area contributed by atoms with Gasteiger partial charge in [-0.15, -0.1) is 0 Å². The maximum absolute atomic E-state index is 12.2. The van der Waals surface area contributed by atoms with Crippen LogP contribution in [0.5, 0.6) is 0 Å². The number of nitrogens with two attached hydrogens (primary N) is 1. The maximum atomic E-state index is 12.2. The van der Waals surface area contributed by atoms with E-state index < -0.39 is 24.9 Å². The van der Waals surface area contributed by atoms with Gasteiger partial charge in [0.15, 0.2) is 14.9 Å². The lowest BCUT2D eigenvalue weighted by molar-refractivity contribution is 0.409. The zero-order chi connectivity index (χ0) is 15.4. The van der Waals surface area contributed by atoms with Crippen LogP contribution in [-0.4, -0.2) is 39.0 Å². The Morgan fingerprint density at radius 1 is 1.15 bits per heavy atom. The van der Waals surface area contributed by atoms with Crippen LogP contribution in [0, 0.1) is 0 Å². The Hall–Kier alpha value is -1.12. The lowest BCUT2D eigenvalue weighted by atomic mass is 10.2. The second-order valence-electron chi connectivity index (χ2n) is 4.69. The van der Waals surface area contributed by atoms with E-state index in [0.717, 1.165) is 6.26 Å². The van der Waals surface area contributed by atoms with Crippen LogP contribution < -0.4 is 5.73 Å². The number of rotatable bonds is 7. The van der Waals surface area contributed by atoms with Crippen LogP contribution in [-0.2, 0) is 26.4 Å². The molecule has 0 spiro atoms. The van der Waals surface area contributed by atoms with Crippen molar-refractivity contribution < 1.29 is 16.8 Å². The number of sulfonamides is 1. The molecule has 0 saturated heterocycles. The van der Waals surface area contributed by atoms with Gasteiger partial charge in [0, 0.05) is 25.0 Å². The fourth-order valence-corrected chi connectivity index (χ4v) is 5.34. The molecule has 20 heavy (non-hydrogen) atoms. The molecule has 0 aromatic heterocycles. The van der Waals surface area contributed by atoms with Crippen molar-refractivity contribution in [2.24, 2.45) is 0 Å². The second kappa shape index (κ2) is 6.55. The first-order valence-corrected chi connectivity index (χ1v) is 9.81. The van der Waals surface area contributed by atoms with Gasteiger partial charge in [-0.2, -0.15) is 4.31 Å². The van der Waals surface area contributed by atoms with E-state index in [2.05, 4.69) is 0 Å². The van der Waals surface area contributed by atoms with Gasteiger partial charge in [-0.1, -0.05) is 25.1 Å². The zero-order valence-electron chi connectivity index (χ0n) is 11.6. The third-order valence-corrected chi connectivity index (χ3v) is 6.63. The standard InChI is InChI=1S/C12H20N2O4S2/c1-3-8-14(20(17,18)10-19(2,15)16)9-11-6-4-5-7-12(11)13/h4-7H,3,8-10,13H2,1-2H3. The minimum atomic E-state index is -3.87. The summed E-state index contributed by atoms with van der Waals surface area (Å²) >= 11 is 0. The van der Waals surface area contributed by atoms with Crippen molar-refractivity contribution in [1.82, 2.24) is 4.31 Å². The summed E-state index contributed by atoms with van der Waals surface area (Å²) in [5.74, 6) is 0. The van der Waals surface area contributed by atoms with Crippen LogP contribution in [0.3, 0.4) is 0 Å². The van der Waals surface area contributed by atoms with Crippen molar-refractivity contribution in [3.8, 4) is 0 Å². The quantitative estimate of drug-likeness (QED) is 0.750. The molecule has 0 saturated carbocycles. The SMILES string of the molecule is CCCN(Cc1ccccc1N)S(=O)(=O)CS(C)(=O)=O. The number of hydrogen-bond donors (Lipinski definition) is 1. The van der Waals surface area contributed by atoms with E-state index in [0.29, 0.717) is 17.7 Å². The Labute approximate surface area is 120 Å². The van der Waals surface area contributed by atoms with Crippen LogP contribution >= 0.6 is 0 Å². The maximum Gasteiger partial charge on any atom is 0.228 e. The minimum Gasteiger partial charge on any atom is -0.398 e. The Bertz CT molecular complexity index is 654. The molecule has 0 bridgehead atoms. The van der Waals surface area contributed by atoms with Gasteiger partial charge in [-0.25, -0.2) is 16.8 Å². The number of nitrogen functional groups attached to an aromatic ring is 1. The van der Waals surface area contributed by atoms with Crippen molar-refractivity contribution in [3.05, 3.63) is 29.8 Å². The molecule has 0 fully saturated rings. The van der Waals surface area contributed by atoms with E-state index in [9.17, 15) is 16.8 Å². The van der Waals surface area contributed by atoms with Crippen LogP contribution in [0.2, 0.25) is 0 Å². The first-order chi connectivity index (χ1) is 9.15. The Morgan fingerprint density at radius 2 is 1.75 bits per heavy atom. The van der Waals surface area contributed by atoms with Gasteiger partial charge in [-0.3, -0.25) is 0 Å². The van der Waals surface area contributed by atoms with E-state index in [1.807, 2.05) is 6.92 Å². The molecule has 1 rings (SSSR count). The molecular weight excluding hydrogens is 300 g/mol. The number of nitrogens with zero attached hydrogens (tertiary/aromatic N) is 1. The molecule has 0 aliphatic carbocycles. The molecule has 2 N–H and O–H groups in total. The number of hydrogen-bond acceptors (Lipinski definition) is 5. The van der Waals surface area contributed by atoms with Crippen LogP contribution in [0.15, 0.2) is 24.3 Å². The van der Waals surface area contributed by atoms with Gasteiger partial charge in [0.05, 0.1) is 0 Å². The summed E-state index contributed by atoms with van der Waals surface area (Å²) in [6, 6.07) is 6.93. The van der Waals surface area contributed by atoms with Crippen LogP contribution in [0.25, 0.3) is 0 Å². The van der Waals surface area contributed by atoms with Gasteiger partial charge in [0.1, 0.15) is 0 Å². The highest BCUT2D eigenvalue weighted by molar-refractivity contribution is 8.06. The fraction of sp³-hybridized carbons (Fsp3) is 0.500. The molecule has 0 aliphatic heterocycles. The average molecular weight is 320 g/mol. The number of para-hydroxylation sites is 1. The average Bonchev–Trinajstić information content (AvgIpc) is 2.28. The summed E-state index contributed by atoms with van der Waals surface area (Å²) in [5, 5.41) is -0.882. The Balaban J connectivity index is 3.03. The first kappa shape index (κ1) is 16.9. The predicted molar refractivity (Wildman–Crippen MR) is 80.2 cm³/mol. The highest BCUT2D eigenvalue weighted by atomic mass is 32.3. The summed E-state index contributed by atoms with van der Waals surface area (Å²) in [5.41, 5.74) is 6.95. The van der Waals surface area contributed by atoms with Gasteiger partial charge in [0.2, 0.25) is 10.0 Å². The molecule has 0 amide bonds. The summed E-state index contributed by atoms with van der Waals surface area (Å²) in [6.07, 6.45) is 1.50. The van der Waals surface area contributed by atoms with E-state index in [1.165, 1.54) is 4.31 Å².